The number of hydrogen-bond acceptors (Lipinski definition) is 5. The monoisotopic (exact) mass is 379 g/mol. The molecule has 28 heavy (non-hydrogen) atoms. The van der Waals surface area contributed by atoms with E-state index in [4.69, 9.17) is 4.74 Å². The molecule has 0 unspecified atom stereocenters. The van der Waals surface area contributed by atoms with Gasteiger partial charge in [-0.05, 0) is 31.2 Å². The molecule has 0 spiro atoms. The highest BCUT2D eigenvalue weighted by molar-refractivity contribution is 5.95. The number of para-hydroxylation sites is 2. The van der Waals surface area contributed by atoms with E-state index in [0.29, 0.717) is 22.4 Å². The number of anilines is 1. The Morgan fingerprint density at radius 1 is 1.11 bits per heavy atom. The maximum Gasteiger partial charge on any atom is 0.307 e. The van der Waals surface area contributed by atoms with Gasteiger partial charge in [0, 0.05) is 19.2 Å². The number of carbonyl (C=O) groups excluding carboxylic acids is 2. The lowest BCUT2D eigenvalue weighted by Crippen LogP contribution is -2.30. The first kappa shape index (κ1) is 19.3. The van der Waals surface area contributed by atoms with Gasteiger partial charge in [-0.15, -0.1) is 0 Å². The highest BCUT2D eigenvalue weighted by Crippen LogP contribution is 2.10. The van der Waals surface area contributed by atoms with Gasteiger partial charge in [0.05, 0.1) is 17.3 Å². The van der Waals surface area contributed by atoms with Crippen LogP contribution in [0.3, 0.4) is 0 Å². The summed E-state index contributed by atoms with van der Waals surface area (Å²) < 4.78 is 6.63. The second-order valence-electron chi connectivity index (χ2n) is 6.40. The molecule has 3 aromatic rings. The van der Waals surface area contributed by atoms with Crippen molar-refractivity contribution >= 4 is 28.5 Å². The predicted octanol–water partition coefficient (Wildman–Crippen LogP) is 2.44. The Hall–Kier alpha value is -3.48. The maximum absolute atomic E-state index is 12.4. The van der Waals surface area contributed by atoms with Crippen molar-refractivity contribution in [2.24, 2.45) is 7.05 Å². The van der Waals surface area contributed by atoms with E-state index in [-0.39, 0.29) is 18.4 Å². The molecule has 1 aromatic heterocycles. The summed E-state index contributed by atoms with van der Waals surface area (Å²) in [4.78, 5) is 41.1. The van der Waals surface area contributed by atoms with E-state index in [0.717, 1.165) is 0 Å². The Morgan fingerprint density at radius 2 is 1.79 bits per heavy atom. The number of nitrogens with one attached hydrogen (secondary N) is 1. The van der Waals surface area contributed by atoms with E-state index < -0.39 is 18.0 Å². The van der Waals surface area contributed by atoms with E-state index in [9.17, 15) is 14.4 Å². The van der Waals surface area contributed by atoms with Crippen molar-refractivity contribution in [3.63, 3.8) is 0 Å². The lowest BCUT2D eigenvalue weighted by atomic mass is 10.2. The summed E-state index contributed by atoms with van der Waals surface area (Å²) in [6.07, 6.45) is -0.676. The number of aromatic nitrogens is 2. The van der Waals surface area contributed by atoms with Crippen LogP contribution in [0.1, 0.15) is 19.2 Å². The number of nitrogens with zero attached hydrogens (tertiary/aromatic N) is 2. The van der Waals surface area contributed by atoms with Crippen LogP contribution in [0.2, 0.25) is 0 Å². The van der Waals surface area contributed by atoms with Crippen molar-refractivity contribution in [2.75, 3.05) is 5.32 Å². The molecule has 144 valence electrons. The second kappa shape index (κ2) is 8.47. The van der Waals surface area contributed by atoms with Crippen LogP contribution in [-0.2, 0) is 27.8 Å². The molecule has 0 bridgehead atoms. The van der Waals surface area contributed by atoms with Gasteiger partial charge in [0.1, 0.15) is 5.82 Å². The molecule has 1 atom stereocenters. The third-order valence-corrected chi connectivity index (χ3v) is 4.35. The Bertz CT molecular complexity index is 1060. The van der Waals surface area contributed by atoms with Gasteiger partial charge >= 0.3 is 5.97 Å². The third kappa shape index (κ3) is 4.43. The fraction of sp³-hybridized carbons (Fsp3) is 0.238. The molecule has 0 fully saturated rings. The quantitative estimate of drug-likeness (QED) is 0.665. The Balaban J connectivity index is 1.60. The second-order valence-corrected chi connectivity index (χ2v) is 6.40. The molecule has 0 aliphatic carbocycles. The van der Waals surface area contributed by atoms with Crippen LogP contribution in [0.15, 0.2) is 59.4 Å². The number of amides is 1. The lowest BCUT2D eigenvalue weighted by Gasteiger charge is -2.14. The Kier molecular flexibility index (Phi) is 5.84. The summed E-state index contributed by atoms with van der Waals surface area (Å²) in [6.45, 7) is 1.51. The smallest absolute Gasteiger partial charge is 0.307 e. The highest BCUT2D eigenvalue weighted by Gasteiger charge is 2.18. The van der Waals surface area contributed by atoms with Gasteiger partial charge in [0.25, 0.3) is 11.5 Å². The van der Waals surface area contributed by atoms with Gasteiger partial charge in [-0.2, -0.15) is 0 Å². The summed E-state index contributed by atoms with van der Waals surface area (Å²) in [7, 11) is 1.62. The molecule has 7 heteroatoms. The zero-order valence-electron chi connectivity index (χ0n) is 15.7. The minimum atomic E-state index is -0.930. The van der Waals surface area contributed by atoms with Crippen molar-refractivity contribution in [1.29, 1.82) is 0 Å². The SMILES string of the molecule is C[C@H](OC(=O)CCc1nc2ccccc2c(=O)n1C)C(=O)Nc1ccccc1. The number of ether oxygens (including phenoxy) is 1. The van der Waals surface area contributed by atoms with Gasteiger partial charge < -0.3 is 10.1 Å². The van der Waals surface area contributed by atoms with Crippen LogP contribution in [0, 0.1) is 0 Å². The van der Waals surface area contributed by atoms with Crippen LogP contribution in [0.25, 0.3) is 10.9 Å². The minimum Gasteiger partial charge on any atom is -0.453 e. The summed E-state index contributed by atoms with van der Waals surface area (Å²) in [5.41, 5.74) is 1.06. The van der Waals surface area contributed by atoms with Gasteiger partial charge in [0.15, 0.2) is 6.10 Å². The van der Waals surface area contributed by atoms with Gasteiger partial charge in [-0.1, -0.05) is 30.3 Å². The number of carbonyl (C=O) groups is 2. The first-order chi connectivity index (χ1) is 13.5. The van der Waals surface area contributed by atoms with Crippen molar-refractivity contribution in [2.45, 2.75) is 25.9 Å². The van der Waals surface area contributed by atoms with Crippen LogP contribution >= 0.6 is 0 Å². The molecule has 0 saturated heterocycles. The maximum atomic E-state index is 12.4. The largest absolute Gasteiger partial charge is 0.453 e. The van der Waals surface area contributed by atoms with Gasteiger partial charge in [-0.3, -0.25) is 19.0 Å². The first-order valence-electron chi connectivity index (χ1n) is 8.96. The van der Waals surface area contributed by atoms with Crippen molar-refractivity contribution in [1.82, 2.24) is 9.55 Å². The molecule has 2 aromatic carbocycles. The van der Waals surface area contributed by atoms with Crippen molar-refractivity contribution in [3.05, 3.63) is 70.8 Å². The normalized spacial score (nSPS) is 11.8. The number of aryl methyl sites for hydroxylation is 1. The molecule has 1 heterocycles. The lowest BCUT2D eigenvalue weighted by molar-refractivity contribution is -0.153. The third-order valence-electron chi connectivity index (χ3n) is 4.35. The molecule has 1 N–H and O–H groups in total. The van der Waals surface area contributed by atoms with E-state index in [2.05, 4.69) is 10.3 Å². The molecule has 0 aliphatic heterocycles. The van der Waals surface area contributed by atoms with Gasteiger partial charge in [0.2, 0.25) is 0 Å². The van der Waals surface area contributed by atoms with Crippen molar-refractivity contribution < 1.29 is 14.3 Å². The molecule has 0 saturated carbocycles. The molecule has 0 radical (unpaired) electrons. The molecular formula is C21H21N3O4. The summed E-state index contributed by atoms with van der Waals surface area (Å²) in [6, 6.07) is 16.0. The highest BCUT2D eigenvalue weighted by atomic mass is 16.5. The Morgan fingerprint density at radius 3 is 2.54 bits per heavy atom. The zero-order valence-corrected chi connectivity index (χ0v) is 15.7. The van der Waals surface area contributed by atoms with Crippen LogP contribution in [0.5, 0.6) is 0 Å². The topological polar surface area (TPSA) is 90.3 Å². The van der Waals surface area contributed by atoms with Crippen LogP contribution in [-0.4, -0.2) is 27.5 Å². The van der Waals surface area contributed by atoms with Crippen LogP contribution < -0.4 is 10.9 Å². The fourth-order valence-corrected chi connectivity index (χ4v) is 2.78. The molecule has 7 nitrogen and oxygen atoms in total. The van der Waals surface area contributed by atoms with E-state index in [1.807, 2.05) is 6.07 Å². The van der Waals surface area contributed by atoms with E-state index in [1.54, 1.807) is 55.6 Å². The standard InChI is InChI=1S/C21H21N3O4/c1-14(20(26)22-15-8-4-3-5-9-15)28-19(25)13-12-18-23-17-11-7-6-10-16(17)21(27)24(18)2/h3-11,14H,12-13H2,1-2H3,(H,22,26)/t14-/m0/s1. The average Bonchev–Trinajstić information content (AvgIpc) is 2.70. The molecule has 3 rings (SSSR count). The van der Waals surface area contributed by atoms with Crippen LogP contribution in [0.4, 0.5) is 5.69 Å². The fourth-order valence-electron chi connectivity index (χ4n) is 2.78. The number of rotatable bonds is 6. The number of benzene rings is 2. The molecule has 0 aliphatic rings. The number of hydrogen-bond donors (Lipinski definition) is 1. The zero-order chi connectivity index (χ0) is 20.1. The number of fused-ring (bicyclic) bond motifs is 1. The summed E-state index contributed by atoms with van der Waals surface area (Å²) >= 11 is 0. The van der Waals surface area contributed by atoms with E-state index >= 15 is 0 Å². The number of esters is 1. The summed E-state index contributed by atoms with van der Waals surface area (Å²) in [5.74, 6) is -0.448. The molecule has 1 amide bonds. The predicted molar refractivity (Wildman–Crippen MR) is 106 cm³/mol. The van der Waals surface area contributed by atoms with Crippen molar-refractivity contribution in [3.8, 4) is 0 Å². The molecular weight excluding hydrogens is 358 g/mol. The first-order valence-corrected chi connectivity index (χ1v) is 8.96. The Labute approximate surface area is 162 Å². The van der Waals surface area contributed by atoms with Gasteiger partial charge in [-0.25, -0.2) is 4.98 Å². The average molecular weight is 379 g/mol. The van der Waals surface area contributed by atoms with E-state index in [1.165, 1.54) is 11.5 Å². The minimum absolute atomic E-state index is 0.0155. The summed E-state index contributed by atoms with van der Waals surface area (Å²) in [5, 5.41) is 3.21.